The highest BCUT2D eigenvalue weighted by molar-refractivity contribution is 7.47. The zero-order valence-electron chi connectivity index (χ0n) is 62.9. The lowest BCUT2D eigenvalue weighted by atomic mass is 9.99. The lowest BCUT2D eigenvalue weighted by Crippen LogP contribution is -2.30. The van der Waals surface area contributed by atoms with E-state index in [1.54, 1.807) is 0 Å². The molecule has 0 aromatic heterocycles. The Bertz CT molecular complexity index is 1970. The number of carbonyl (C=O) groups excluding carboxylic acids is 4. The summed E-state index contributed by atoms with van der Waals surface area (Å²) in [6.07, 6.45) is 60.3. The van der Waals surface area contributed by atoms with Crippen molar-refractivity contribution in [1.29, 1.82) is 0 Å². The Hall–Kier alpha value is -2.46. The summed E-state index contributed by atoms with van der Waals surface area (Å²) in [5, 5.41) is 10.6. The van der Waals surface area contributed by atoms with Crippen LogP contribution in [0.3, 0.4) is 0 Å². The van der Waals surface area contributed by atoms with Crippen molar-refractivity contribution in [2.75, 3.05) is 39.6 Å². The number of phosphoric ester groups is 2. The highest BCUT2D eigenvalue weighted by atomic mass is 31.2. The Morgan fingerprint density at radius 2 is 0.608 bits per heavy atom. The zero-order valence-corrected chi connectivity index (χ0v) is 64.7. The van der Waals surface area contributed by atoms with E-state index in [9.17, 15) is 43.2 Å². The Labute approximate surface area is 592 Å². The van der Waals surface area contributed by atoms with Gasteiger partial charge >= 0.3 is 39.5 Å². The van der Waals surface area contributed by atoms with Crippen LogP contribution in [0.1, 0.15) is 382 Å². The fourth-order valence-corrected chi connectivity index (χ4v) is 13.0. The summed E-state index contributed by atoms with van der Waals surface area (Å²) in [6.45, 7) is 9.57. The van der Waals surface area contributed by atoms with Crippen molar-refractivity contribution in [2.45, 2.75) is 400 Å². The first-order chi connectivity index (χ1) is 46.9. The lowest BCUT2D eigenvalue weighted by Gasteiger charge is -2.21. The van der Waals surface area contributed by atoms with Gasteiger partial charge in [0, 0.05) is 25.7 Å². The molecule has 3 unspecified atom stereocenters. The number of esters is 4. The van der Waals surface area contributed by atoms with E-state index < -0.39 is 97.5 Å². The molecule has 0 aromatic carbocycles. The first-order valence-corrected chi connectivity index (χ1v) is 42.8. The number of unbranched alkanes of at least 4 members (excludes halogenated alkanes) is 41. The molecule has 97 heavy (non-hydrogen) atoms. The van der Waals surface area contributed by atoms with E-state index in [0.717, 1.165) is 121 Å². The van der Waals surface area contributed by atoms with Crippen LogP contribution in [0.25, 0.3) is 0 Å². The van der Waals surface area contributed by atoms with Gasteiger partial charge in [-0.3, -0.25) is 37.3 Å². The maximum atomic E-state index is 13.1. The van der Waals surface area contributed by atoms with E-state index in [0.29, 0.717) is 25.7 Å². The van der Waals surface area contributed by atoms with E-state index in [1.165, 1.54) is 180 Å². The van der Waals surface area contributed by atoms with Crippen molar-refractivity contribution in [3.05, 3.63) is 24.3 Å². The van der Waals surface area contributed by atoms with Crippen LogP contribution in [-0.2, 0) is 65.4 Å². The first-order valence-electron chi connectivity index (χ1n) is 39.8. The largest absolute Gasteiger partial charge is 0.472 e. The van der Waals surface area contributed by atoms with Crippen LogP contribution >= 0.6 is 15.6 Å². The van der Waals surface area contributed by atoms with Crippen molar-refractivity contribution in [3.63, 3.8) is 0 Å². The standard InChI is InChI=1S/C78H148O17P2/c1-7-10-12-14-16-18-20-22-23-28-31-35-42-48-54-60-75(80)88-66-73(94-78(83)63-57-51-45-37-33-29-25-24-27-30-34-40-46-52-58-70(4)5)68-92-96(84,85)90-64-72(79)65-91-97(86,87)93-69-74(67-89-76(81)61-55-49-43-39-38-41-47-53-59-71(6)9-3)95-77(82)62-56-50-44-36-32-26-21-19-17-15-13-11-8-2/h18,20,22-23,70-74,79H,7-17,19,21,24-69H2,1-6H3,(H,84,85)(H,86,87)/b20-18-,23-22-/t71?,72-,73-,74-/m1/s1. The van der Waals surface area contributed by atoms with Crippen LogP contribution in [-0.4, -0.2) is 96.7 Å². The van der Waals surface area contributed by atoms with Crippen molar-refractivity contribution in [1.82, 2.24) is 0 Å². The van der Waals surface area contributed by atoms with E-state index in [4.69, 9.17) is 37.0 Å². The smallest absolute Gasteiger partial charge is 0.462 e. The minimum Gasteiger partial charge on any atom is -0.462 e. The molecule has 0 radical (unpaired) electrons. The minimum atomic E-state index is -4.97. The molecule has 0 aliphatic carbocycles. The minimum absolute atomic E-state index is 0.101. The summed E-state index contributed by atoms with van der Waals surface area (Å²) in [5.41, 5.74) is 0. The van der Waals surface area contributed by atoms with Gasteiger partial charge in [-0.2, -0.15) is 0 Å². The topological polar surface area (TPSA) is 237 Å². The molecule has 19 heteroatoms. The SMILES string of the molecule is CCCCCC/C=C\C=C/CCCCCCCC(=O)OC[C@H](COP(=O)(O)OC[C@@H](O)COP(=O)(O)OC[C@@H](COC(=O)CCCCCCCCCCC(C)CC)OC(=O)CCCCCCCCCCCCCCC)OC(=O)CCCCCCCCCCCCCCCCC(C)C. The van der Waals surface area contributed by atoms with Gasteiger partial charge < -0.3 is 33.8 Å². The lowest BCUT2D eigenvalue weighted by molar-refractivity contribution is -0.161. The Balaban J connectivity index is 5.30. The van der Waals surface area contributed by atoms with Crippen LogP contribution in [0.4, 0.5) is 0 Å². The molecular weight excluding hydrogens is 1270 g/mol. The molecule has 0 rings (SSSR count). The summed E-state index contributed by atoms with van der Waals surface area (Å²) < 4.78 is 68.6. The van der Waals surface area contributed by atoms with E-state index in [1.807, 2.05) is 0 Å². The maximum absolute atomic E-state index is 13.1. The monoisotopic (exact) mass is 1420 g/mol. The molecular formula is C78H148O17P2. The number of hydrogen-bond donors (Lipinski definition) is 3. The van der Waals surface area contributed by atoms with Crippen molar-refractivity contribution in [3.8, 4) is 0 Å². The van der Waals surface area contributed by atoms with Crippen LogP contribution in [0.2, 0.25) is 0 Å². The number of rotatable bonds is 75. The quantitative estimate of drug-likeness (QED) is 0.0169. The van der Waals surface area contributed by atoms with Gasteiger partial charge in [0.05, 0.1) is 26.4 Å². The zero-order chi connectivity index (χ0) is 71.4. The molecule has 17 nitrogen and oxygen atoms in total. The second-order valence-electron chi connectivity index (χ2n) is 28.1. The number of carbonyl (C=O) groups is 4. The van der Waals surface area contributed by atoms with Gasteiger partial charge in [0.25, 0.3) is 0 Å². The predicted octanol–water partition coefficient (Wildman–Crippen LogP) is 22.7. The number of aliphatic hydroxyl groups excluding tert-OH is 1. The third-order valence-corrected chi connectivity index (χ3v) is 19.8. The second kappa shape index (κ2) is 69.3. The third kappa shape index (κ3) is 70.4. The number of phosphoric acid groups is 2. The van der Waals surface area contributed by atoms with E-state index in [-0.39, 0.29) is 25.7 Å². The Morgan fingerprint density at radius 3 is 0.928 bits per heavy atom. The van der Waals surface area contributed by atoms with Crippen LogP contribution in [0.5, 0.6) is 0 Å². The molecule has 0 heterocycles. The summed E-state index contributed by atoms with van der Waals surface area (Å²) in [5.74, 6) is -0.573. The summed E-state index contributed by atoms with van der Waals surface area (Å²) in [6, 6.07) is 0. The molecule has 0 bridgehead atoms. The third-order valence-electron chi connectivity index (χ3n) is 17.9. The van der Waals surface area contributed by atoms with Gasteiger partial charge in [0.2, 0.25) is 0 Å². The average Bonchev–Trinajstić information content (AvgIpc) is 2.53. The van der Waals surface area contributed by atoms with Crippen molar-refractivity contribution < 1.29 is 80.2 Å². The summed E-state index contributed by atoms with van der Waals surface area (Å²) in [7, 11) is -9.93. The molecule has 3 N–H and O–H groups in total. The Kier molecular flexibility index (Phi) is 67.5. The van der Waals surface area contributed by atoms with Crippen LogP contribution in [0, 0.1) is 11.8 Å². The van der Waals surface area contributed by atoms with E-state index in [2.05, 4.69) is 65.8 Å². The first kappa shape index (κ1) is 94.5. The maximum Gasteiger partial charge on any atom is 0.472 e. The van der Waals surface area contributed by atoms with Gasteiger partial charge in [-0.1, -0.05) is 329 Å². The molecule has 572 valence electrons. The second-order valence-corrected chi connectivity index (χ2v) is 31.0. The van der Waals surface area contributed by atoms with Crippen molar-refractivity contribution in [2.24, 2.45) is 11.8 Å². The Morgan fingerprint density at radius 1 is 0.340 bits per heavy atom. The summed E-state index contributed by atoms with van der Waals surface area (Å²) >= 11 is 0. The highest BCUT2D eigenvalue weighted by Crippen LogP contribution is 2.45. The normalized spacial score (nSPS) is 14.4. The van der Waals surface area contributed by atoms with Gasteiger partial charge in [0.1, 0.15) is 19.3 Å². The molecule has 0 saturated heterocycles. The van der Waals surface area contributed by atoms with Gasteiger partial charge in [-0.05, 0) is 63.2 Å². The molecule has 0 fully saturated rings. The number of hydrogen-bond acceptors (Lipinski definition) is 15. The van der Waals surface area contributed by atoms with E-state index >= 15 is 0 Å². The molecule has 0 aromatic rings. The molecule has 0 amide bonds. The van der Waals surface area contributed by atoms with Gasteiger partial charge in [-0.15, -0.1) is 0 Å². The van der Waals surface area contributed by atoms with Crippen LogP contribution in [0.15, 0.2) is 24.3 Å². The number of allylic oxidation sites excluding steroid dienone is 4. The average molecular weight is 1420 g/mol. The predicted molar refractivity (Wildman–Crippen MR) is 395 cm³/mol. The molecule has 0 aliphatic rings. The number of aliphatic hydroxyl groups is 1. The fourth-order valence-electron chi connectivity index (χ4n) is 11.4. The molecule has 0 spiro atoms. The number of ether oxygens (including phenoxy) is 4. The molecule has 6 atom stereocenters. The van der Waals surface area contributed by atoms with Crippen molar-refractivity contribution >= 4 is 39.5 Å². The van der Waals surface area contributed by atoms with Gasteiger partial charge in [-0.25, -0.2) is 9.13 Å². The van der Waals surface area contributed by atoms with Gasteiger partial charge in [0.15, 0.2) is 12.2 Å². The van der Waals surface area contributed by atoms with Crippen LogP contribution < -0.4 is 0 Å². The molecule has 0 aliphatic heterocycles. The highest BCUT2D eigenvalue weighted by Gasteiger charge is 2.30. The summed E-state index contributed by atoms with van der Waals surface area (Å²) in [4.78, 5) is 72.9. The fraction of sp³-hybridized carbons (Fsp3) is 0.897. The molecule has 0 saturated carbocycles.